The average Bonchev–Trinajstić information content (AvgIpc) is 2.46. The Balaban J connectivity index is 2.36. The smallest absolute Gasteiger partial charge is 0.0632 e. The molecule has 1 rings (SSSR count). The fourth-order valence-corrected chi connectivity index (χ4v) is 3.36. The number of piperidine rings is 1. The number of hydrogen-bond donors (Lipinski definition) is 0. The predicted molar refractivity (Wildman–Crippen MR) is 93.4 cm³/mol. The SMILES string of the molecule is CCN(CC)CCOC(C)CC1CN(C)CCC1OC(C)C. The number of likely N-dealkylation sites (N-methyl/N-ethyl adjacent to an activating group) is 1. The summed E-state index contributed by atoms with van der Waals surface area (Å²) in [4.78, 5) is 4.83. The Bertz CT molecular complexity index is 282. The monoisotopic (exact) mass is 314 g/mol. The van der Waals surface area contributed by atoms with Crippen LogP contribution in [0.4, 0.5) is 0 Å². The molecule has 1 aliphatic rings. The van der Waals surface area contributed by atoms with Gasteiger partial charge in [-0.25, -0.2) is 0 Å². The van der Waals surface area contributed by atoms with Gasteiger partial charge in [-0.05, 0) is 53.8 Å². The molecule has 0 radical (unpaired) electrons. The van der Waals surface area contributed by atoms with Crippen molar-refractivity contribution < 1.29 is 9.47 Å². The molecule has 1 fully saturated rings. The molecule has 0 bridgehead atoms. The zero-order valence-electron chi connectivity index (χ0n) is 15.7. The molecule has 3 unspecified atom stereocenters. The van der Waals surface area contributed by atoms with Gasteiger partial charge in [0, 0.05) is 25.6 Å². The molecular weight excluding hydrogens is 276 g/mol. The Morgan fingerprint density at radius 2 is 1.86 bits per heavy atom. The summed E-state index contributed by atoms with van der Waals surface area (Å²) < 4.78 is 12.2. The van der Waals surface area contributed by atoms with Gasteiger partial charge >= 0.3 is 0 Å². The van der Waals surface area contributed by atoms with Gasteiger partial charge < -0.3 is 19.3 Å². The molecule has 22 heavy (non-hydrogen) atoms. The number of likely N-dealkylation sites (tertiary alicyclic amines) is 1. The Morgan fingerprint density at radius 3 is 2.45 bits per heavy atom. The standard InChI is InChI=1S/C18H38N2O2/c1-7-20(8-2)11-12-21-16(5)13-17-14-19(6)10-9-18(17)22-15(3)4/h15-18H,7-14H2,1-6H3. The van der Waals surface area contributed by atoms with Gasteiger partial charge in [0.05, 0.1) is 24.9 Å². The maximum atomic E-state index is 6.14. The van der Waals surface area contributed by atoms with E-state index >= 15 is 0 Å². The van der Waals surface area contributed by atoms with Crippen LogP contribution in [-0.4, -0.2) is 74.5 Å². The summed E-state index contributed by atoms with van der Waals surface area (Å²) in [6.07, 6.45) is 3.26. The third kappa shape index (κ3) is 7.40. The van der Waals surface area contributed by atoms with Gasteiger partial charge in [0.1, 0.15) is 0 Å². The zero-order chi connectivity index (χ0) is 16.5. The van der Waals surface area contributed by atoms with Gasteiger partial charge in [-0.15, -0.1) is 0 Å². The van der Waals surface area contributed by atoms with Crippen molar-refractivity contribution in [3.05, 3.63) is 0 Å². The fraction of sp³-hybridized carbons (Fsp3) is 1.00. The van der Waals surface area contributed by atoms with Crippen LogP contribution >= 0.6 is 0 Å². The molecule has 0 aromatic carbocycles. The predicted octanol–water partition coefficient (Wildman–Crippen LogP) is 2.87. The van der Waals surface area contributed by atoms with Crippen molar-refractivity contribution >= 4 is 0 Å². The minimum absolute atomic E-state index is 0.310. The van der Waals surface area contributed by atoms with Crippen molar-refractivity contribution in [2.24, 2.45) is 5.92 Å². The van der Waals surface area contributed by atoms with Crippen molar-refractivity contribution in [2.45, 2.75) is 65.8 Å². The highest BCUT2D eigenvalue weighted by molar-refractivity contribution is 4.82. The minimum atomic E-state index is 0.310. The molecule has 0 aromatic rings. The maximum absolute atomic E-state index is 6.14. The third-order valence-corrected chi connectivity index (χ3v) is 4.65. The second kappa shape index (κ2) is 10.6. The number of ether oxygens (including phenoxy) is 2. The average molecular weight is 315 g/mol. The van der Waals surface area contributed by atoms with E-state index in [1.807, 2.05) is 0 Å². The maximum Gasteiger partial charge on any atom is 0.0632 e. The van der Waals surface area contributed by atoms with E-state index in [2.05, 4.69) is 51.5 Å². The lowest BCUT2D eigenvalue weighted by molar-refractivity contribution is -0.0746. The molecule has 0 saturated carbocycles. The Hall–Kier alpha value is -0.160. The summed E-state index contributed by atoms with van der Waals surface area (Å²) in [7, 11) is 2.21. The number of rotatable bonds is 10. The van der Waals surface area contributed by atoms with Gasteiger partial charge in [0.25, 0.3) is 0 Å². The fourth-order valence-electron chi connectivity index (χ4n) is 3.36. The summed E-state index contributed by atoms with van der Waals surface area (Å²) in [5.41, 5.74) is 0. The highest BCUT2D eigenvalue weighted by atomic mass is 16.5. The molecule has 4 heteroatoms. The van der Waals surface area contributed by atoms with Crippen LogP contribution in [0.15, 0.2) is 0 Å². The van der Waals surface area contributed by atoms with Crippen LogP contribution in [0, 0.1) is 5.92 Å². The molecule has 0 spiro atoms. The summed E-state index contributed by atoms with van der Waals surface area (Å²) in [5.74, 6) is 0.588. The largest absolute Gasteiger partial charge is 0.377 e. The van der Waals surface area contributed by atoms with Gasteiger partial charge in [-0.3, -0.25) is 0 Å². The number of hydrogen-bond acceptors (Lipinski definition) is 4. The van der Waals surface area contributed by atoms with Crippen LogP contribution < -0.4 is 0 Å². The van der Waals surface area contributed by atoms with Crippen LogP contribution in [0.3, 0.4) is 0 Å². The van der Waals surface area contributed by atoms with E-state index in [0.717, 1.165) is 52.2 Å². The van der Waals surface area contributed by atoms with Crippen LogP contribution in [0.5, 0.6) is 0 Å². The number of nitrogens with zero attached hydrogens (tertiary/aromatic N) is 2. The second-order valence-corrected chi connectivity index (χ2v) is 6.98. The molecule has 132 valence electrons. The second-order valence-electron chi connectivity index (χ2n) is 6.98. The summed E-state index contributed by atoms with van der Waals surface area (Å²) in [5, 5.41) is 0. The van der Waals surface area contributed by atoms with Gasteiger partial charge in [0.2, 0.25) is 0 Å². The molecule has 1 aliphatic heterocycles. The Morgan fingerprint density at radius 1 is 1.18 bits per heavy atom. The van der Waals surface area contributed by atoms with E-state index in [-0.39, 0.29) is 0 Å². The van der Waals surface area contributed by atoms with E-state index in [1.165, 1.54) is 0 Å². The summed E-state index contributed by atoms with van der Waals surface area (Å²) in [6.45, 7) is 17.2. The molecule has 1 saturated heterocycles. The van der Waals surface area contributed by atoms with Crippen molar-refractivity contribution in [3.8, 4) is 0 Å². The zero-order valence-corrected chi connectivity index (χ0v) is 15.7. The first-order valence-corrected chi connectivity index (χ1v) is 9.14. The van der Waals surface area contributed by atoms with E-state index < -0.39 is 0 Å². The first kappa shape index (κ1) is 19.9. The highest BCUT2D eigenvalue weighted by Gasteiger charge is 2.30. The van der Waals surface area contributed by atoms with Crippen molar-refractivity contribution in [2.75, 3.05) is 46.4 Å². The lowest BCUT2D eigenvalue weighted by Gasteiger charge is -2.38. The molecule has 0 amide bonds. The molecule has 1 heterocycles. The van der Waals surface area contributed by atoms with E-state index in [9.17, 15) is 0 Å². The normalized spacial score (nSPS) is 25.1. The van der Waals surface area contributed by atoms with Gasteiger partial charge in [0.15, 0.2) is 0 Å². The van der Waals surface area contributed by atoms with E-state index in [1.54, 1.807) is 0 Å². The molecule has 4 nitrogen and oxygen atoms in total. The minimum Gasteiger partial charge on any atom is -0.377 e. The lowest BCUT2D eigenvalue weighted by Crippen LogP contribution is -2.44. The Kier molecular flexibility index (Phi) is 9.57. The van der Waals surface area contributed by atoms with Crippen LogP contribution in [0.25, 0.3) is 0 Å². The molecule has 0 aromatic heterocycles. The topological polar surface area (TPSA) is 24.9 Å². The molecular formula is C18H38N2O2. The van der Waals surface area contributed by atoms with Gasteiger partial charge in [-0.1, -0.05) is 13.8 Å². The van der Waals surface area contributed by atoms with Crippen molar-refractivity contribution in [3.63, 3.8) is 0 Å². The highest BCUT2D eigenvalue weighted by Crippen LogP contribution is 2.25. The van der Waals surface area contributed by atoms with Crippen LogP contribution in [0.2, 0.25) is 0 Å². The molecule has 0 aliphatic carbocycles. The van der Waals surface area contributed by atoms with Crippen molar-refractivity contribution in [1.82, 2.24) is 9.80 Å². The third-order valence-electron chi connectivity index (χ3n) is 4.65. The van der Waals surface area contributed by atoms with Crippen LogP contribution in [-0.2, 0) is 9.47 Å². The Labute approximate surface area is 138 Å². The molecule has 3 atom stereocenters. The van der Waals surface area contributed by atoms with E-state index in [0.29, 0.717) is 24.2 Å². The van der Waals surface area contributed by atoms with Crippen LogP contribution in [0.1, 0.15) is 47.5 Å². The van der Waals surface area contributed by atoms with Gasteiger partial charge in [-0.2, -0.15) is 0 Å². The first-order valence-electron chi connectivity index (χ1n) is 9.14. The van der Waals surface area contributed by atoms with Crippen molar-refractivity contribution in [1.29, 1.82) is 0 Å². The van der Waals surface area contributed by atoms with E-state index in [4.69, 9.17) is 9.47 Å². The quantitative estimate of drug-likeness (QED) is 0.619. The summed E-state index contributed by atoms with van der Waals surface area (Å²) in [6, 6.07) is 0. The molecule has 0 N–H and O–H groups in total. The first-order chi connectivity index (χ1) is 10.5. The summed E-state index contributed by atoms with van der Waals surface area (Å²) >= 11 is 0. The lowest BCUT2D eigenvalue weighted by atomic mass is 9.89.